The number of likely N-dealkylation sites (N-methyl/N-ethyl adjacent to an activating group) is 1. The van der Waals surface area contributed by atoms with Crippen LogP contribution in [-0.2, 0) is 6.54 Å². The summed E-state index contributed by atoms with van der Waals surface area (Å²) in [5.74, 6) is -0.0887. The van der Waals surface area contributed by atoms with Gasteiger partial charge in [0.05, 0.1) is 29.7 Å². The van der Waals surface area contributed by atoms with Crippen LogP contribution in [0.2, 0.25) is 0 Å². The Hall–Kier alpha value is -3.07. The minimum atomic E-state index is -0.0956. The minimum Gasteiger partial charge on any atom is -0.344 e. The first-order valence-corrected chi connectivity index (χ1v) is 12.6. The first-order valence-electron chi connectivity index (χ1n) is 11.7. The van der Waals surface area contributed by atoms with Crippen molar-refractivity contribution in [1.29, 1.82) is 0 Å². The first kappa shape index (κ1) is 22.7. The highest BCUT2D eigenvalue weighted by Gasteiger charge is 2.23. The van der Waals surface area contributed by atoms with E-state index in [2.05, 4.69) is 50.8 Å². The van der Waals surface area contributed by atoms with Gasteiger partial charge in [0.15, 0.2) is 5.65 Å². The molecule has 4 heterocycles. The van der Waals surface area contributed by atoms with Gasteiger partial charge < -0.3 is 10.2 Å². The number of benzene rings is 1. The third-order valence-electron chi connectivity index (χ3n) is 6.41. The number of nitrogens with one attached hydrogen (secondary N) is 1. The van der Waals surface area contributed by atoms with Crippen LogP contribution in [0.4, 0.5) is 0 Å². The maximum absolute atomic E-state index is 13.6. The summed E-state index contributed by atoms with van der Waals surface area (Å²) in [4.78, 5) is 24.3. The van der Waals surface area contributed by atoms with Crippen LogP contribution in [0.1, 0.15) is 32.5 Å². The summed E-state index contributed by atoms with van der Waals surface area (Å²) in [5.41, 5.74) is 3.29. The highest BCUT2D eigenvalue weighted by atomic mass is 32.1. The fourth-order valence-corrected chi connectivity index (χ4v) is 5.16. The summed E-state index contributed by atoms with van der Waals surface area (Å²) in [6, 6.07) is 16.1. The van der Waals surface area contributed by atoms with Crippen molar-refractivity contribution in [3.05, 3.63) is 81.8 Å². The van der Waals surface area contributed by atoms with Crippen LogP contribution < -0.4 is 5.32 Å². The Morgan fingerprint density at radius 3 is 2.65 bits per heavy atom. The lowest BCUT2D eigenvalue weighted by molar-refractivity contribution is 0.0908. The van der Waals surface area contributed by atoms with Crippen molar-refractivity contribution in [2.75, 3.05) is 39.8 Å². The highest BCUT2D eigenvalue weighted by molar-refractivity contribution is 7.09. The molecule has 8 heteroatoms. The second-order valence-corrected chi connectivity index (χ2v) is 10.0. The van der Waals surface area contributed by atoms with Crippen LogP contribution >= 0.6 is 11.3 Å². The van der Waals surface area contributed by atoms with E-state index in [0.29, 0.717) is 12.1 Å². The molecule has 1 aliphatic rings. The van der Waals surface area contributed by atoms with Gasteiger partial charge in [-0.05, 0) is 37.0 Å². The molecule has 1 aliphatic heterocycles. The summed E-state index contributed by atoms with van der Waals surface area (Å²) in [6.07, 6.45) is 1.77. The van der Waals surface area contributed by atoms with Gasteiger partial charge in [-0.1, -0.05) is 36.4 Å². The molecule has 176 valence electrons. The lowest BCUT2D eigenvalue weighted by atomic mass is 10.0. The van der Waals surface area contributed by atoms with Crippen LogP contribution in [0.3, 0.4) is 0 Å². The molecule has 7 nitrogen and oxygen atoms in total. The van der Waals surface area contributed by atoms with Gasteiger partial charge in [0.2, 0.25) is 0 Å². The van der Waals surface area contributed by atoms with Crippen molar-refractivity contribution in [3.8, 4) is 0 Å². The van der Waals surface area contributed by atoms with Crippen molar-refractivity contribution in [2.24, 2.45) is 0 Å². The summed E-state index contributed by atoms with van der Waals surface area (Å²) in [5, 5.41) is 10.7. The largest absolute Gasteiger partial charge is 0.344 e. The monoisotopic (exact) mass is 474 g/mol. The Balaban J connectivity index is 1.41. The van der Waals surface area contributed by atoms with E-state index in [4.69, 9.17) is 4.98 Å². The Morgan fingerprint density at radius 1 is 1.12 bits per heavy atom. The number of hydrogen-bond donors (Lipinski definition) is 1. The fourth-order valence-electron chi connectivity index (χ4n) is 4.47. The molecule has 1 aromatic carbocycles. The average Bonchev–Trinajstić information content (AvgIpc) is 3.50. The zero-order chi connectivity index (χ0) is 23.5. The number of fused-ring (bicyclic) bond motifs is 1. The van der Waals surface area contributed by atoms with Crippen molar-refractivity contribution in [2.45, 2.75) is 19.5 Å². The van der Waals surface area contributed by atoms with Gasteiger partial charge in [-0.25, -0.2) is 9.67 Å². The van der Waals surface area contributed by atoms with E-state index in [0.717, 1.165) is 55.0 Å². The number of carbonyl (C=O) groups is 1. The minimum absolute atomic E-state index is 0.0887. The van der Waals surface area contributed by atoms with Crippen LogP contribution in [-0.4, -0.2) is 70.2 Å². The number of pyridine rings is 1. The molecule has 1 fully saturated rings. The topological polar surface area (TPSA) is 66.3 Å². The first-order chi connectivity index (χ1) is 16.6. The summed E-state index contributed by atoms with van der Waals surface area (Å²) >= 11 is 1.69. The molecule has 34 heavy (non-hydrogen) atoms. The third kappa shape index (κ3) is 5.04. The SMILES string of the molecule is Cc1cc(C(=O)NC(CN2CCN(C)CC2)c2ccccc2)c2cnn(Cc3cccs3)c2n1. The maximum Gasteiger partial charge on any atom is 0.252 e. The van der Waals surface area contributed by atoms with E-state index in [1.807, 2.05) is 41.9 Å². The van der Waals surface area contributed by atoms with Crippen molar-refractivity contribution in [1.82, 2.24) is 29.9 Å². The highest BCUT2D eigenvalue weighted by Crippen LogP contribution is 2.22. The van der Waals surface area contributed by atoms with Crippen LogP contribution in [0, 0.1) is 6.92 Å². The molecule has 1 amide bonds. The third-order valence-corrected chi connectivity index (χ3v) is 7.27. The van der Waals surface area contributed by atoms with Crippen molar-refractivity contribution >= 4 is 28.3 Å². The molecule has 5 rings (SSSR count). The van der Waals surface area contributed by atoms with Gasteiger partial charge in [0, 0.05) is 43.3 Å². The number of amides is 1. The second kappa shape index (κ2) is 10.0. The van der Waals surface area contributed by atoms with Gasteiger partial charge in [-0.15, -0.1) is 11.3 Å². The molecule has 1 N–H and O–H groups in total. The predicted molar refractivity (Wildman–Crippen MR) is 136 cm³/mol. The number of piperazine rings is 1. The number of aryl methyl sites for hydroxylation is 1. The molecule has 0 saturated carbocycles. The van der Waals surface area contributed by atoms with E-state index in [-0.39, 0.29) is 11.9 Å². The Bertz CT molecular complexity index is 1250. The fraction of sp³-hybridized carbons (Fsp3) is 0.346. The van der Waals surface area contributed by atoms with E-state index in [1.165, 1.54) is 4.88 Å². The average molecular weight is 475 g/mol. The summed E-state index contributed by atoms with van der Waals surface area (Å²) < 4.78 is 1.88. The van der Waals surface area contributed by atoms with Gasteiger partial charge in [-0.2, -0.15) is 5.10 Å². The molecular weight excluding hydrogens is 444 g/mol. The van der Waals surface area contributed by atoms with E-state index in [9.17, 15) is 4.79 Å². The zero-order valence-corrected chi connectivity index (χ0v) is 20.5. The molecule has 0 bridgehead atoms. The quantitative estimate of drug-likeness (QED) is 0.444. The number of carbonyl (C=O) groups excluding carboxylic acids is 1. The molecule has 1 unspecified atom stereocenters. The van der Waals surface area contributed by atoms with Crippen LogP contribution in [0.5, 0.6) is 0 Å². The second-order valence-electron chi connectivity index (χ2n) is 8.97. The summed E-state index contributed by atoms with van der Waals surface area (Å²) in [6.45, 7) is 7.46. The Labute approximate surface area is 204 Å². The van der Waals surface area contributed by atoms with Gasteiger partial charge in [0.1, 0.15) is 0 Å². The molecule has 0 spiro atoms. The van der Waals surface area contributed by atoms with Crippen molar-refractivity contribution in [3.63, 3.8) is 0 Å². The van der Waals surface area contributed by atoms with Gasteiger partial charge in [0.25, 0.3) is 5.91 Å². The van der Waals surface area contributed by atoms with Crippen LogP contribution in [0.25, 0.3) is 11.0 Å². The van der Waals surface area contributed by atoms with Crippen LogP contribution in [0.15, 0.2) is 60.1 Å². The molecule has 4 aromatic rings. The maximum atomic E-state index is 13.6. The Morgan fingerprint density at radius 2 is 1.91 bits per heavy atom. The van der Waals surface area contributed by atoms with E-state index in [1.54, 1.807) is 17.5 Å². The van der Waals surface area contributed by atoms with Gasteiger partial charge in [-0.3, -0.25) is 9.69 Å². The predicted octanol–water partition coefficient (Wildman–Crippen LogP) is 3.57. The molecule has 3 aromatic heterocycles. The number of nitrogens with zero attached hydrogens (tertiary/aromatic N) is 5. The number of aromatic nitrogens is 3. The normalized spacial score (nSPS) is 16.1. The number of rotatable bonds is 7. The molecule has 1 saturated heterocycles. The van der Waals surface area contributed by atoms with Crippen molar-refractivity contribution < 1.29 is 4.79 Å². The molecule has 0 aliphatic carbocycles. The Kier molecular flexibility index (Phi) is 6.71. The summed E-state index contributed by atoms with van der Waals surface area (Å²) in [7, 11) is 2.16. The lowest BCUT2D eigenvalue weighted by Gasteiger charge is -2.35. The van der Waals surface area contributed by atoms with E-state index < -0.39 is 0 Å². The molecular formula is C26H30N6OS. The number of hydrogen-bond acceptors (Lipinski definition) is 6. The smallest absolute Gasteiger partial charge is 0.252 e. The molecule has 0 radical (unpaired) electrons. The molecule has 1 atom stereocenters. The van der Waals surface area contributed by atoms with E-state index >= 15 is 0 Å². The zero-order valence-electron chi connectivity index (χ0n) is 19.6. The van der Waals surface area contributed by atoms with Gasteiger partial charge >= 0.3 is 0 Å². The number of thiophene rings is 1. The standard InChI is InChI=1S/C26H30N6OS/c1-19-15-22(23-16-27-32(25(23)28-19)17-21-9-6-14-34-21)26(33)29-24(20-7-4-3-5-8-20)18-31-12-10-30(2)11-13-31/h3-9,14-16,24H,10-13,17-18H2,1-2H3,(H,29,33). The lowest BCUT2D eigenvalue weighted by Crippen LogP contribution is -2.47.